The van der Waals surface area contributed by atoms with E-state index < -0.39 is 11.6 Å². The highest BCUT2D eigenvalue weighted by Gasteiger charge is 2.12. The molecule has 18 heavy (non-hydrogen) atoms. The fourth-order valence-corrected chi connectivity index (χ4v) is 1.76. The van der Waals surface area contributed by atoms with E-state index in [1.54, 1.807) is 7.05 Å². The molecule has 0 heterocycles. The Morgan fingerprint density at radius 3 is 2.33 bits per heavy atom. The second-order valence-electron chi connectivity index (χ2n) is 4.33. The normalized spacial score (nSPS) is 10.7. The fourth-order valence-electron chi connectivity index (χ4n) is 1.76. The van der Waals surface area contributed by atoms with Crippen LogP contribution in [-0.2, 0) is 6.54 Å². The average molecular weight is 257 g/mol. The summed E-state index contributed by atoms with van der Waals surface area (Å²) in [6.07, 6.45) is 4.10. The molecule has 0 amide bonds. The molecule has 0 aromatic heterocycles. The van der Waals surface area contributed by atoms with Crippen LogP contribution in [0.15, 0.2) is 12.1 Å². The lowest BCUT2D eigenvalue weighted by Gasteiger charge is -2.10. The maximum atomic E-state index is 13.6. The van der Waals surface area contributed by atoms with Gasteiger partial charge in [0.05, 0.1) is 6.61 Å². The van der Waals surface area contributed by atoms with Crippen molar-refractivity contribution in [3.05, 3.63) is 29.3 Å². The third kappa shape index (κ3) is 4.61. The van der Waals surface area contributed by atoms with E-state index in [-0.39, 0.29) is 5.75 Å². The first-order valence-corrected chi connectivity index (χ1v) is 6.44. The number of benzene rings is 1. The zero-order valence-corrected chi connectivity index (χ0v) is 11.1. The summed E-state index contributed by atoms with van der Waals surface area (Å²) >= 11 is 0. The maximum absolute atomic E-state index is 13.6. The minimum absolute atomic E-state index is 0.258. The highest BCUT2D eigenvalue weighted by molar-refractivity contribution is 5.31. The minimum Gasteiger partial charge on any atom is -0.488 e. The van der Waals surface area contributed by atoms with E-state index in [1.807, 2.05) is 0 Å². The molecule has 0 aliphatic heterocycles. The van der Waals surface area contributed by atoms with Crippen LogP contribution in [0, 0.1) is 11.6 Å². The van der Waals surface area contributed by atoms with E-state index in [0.29, 0.717) is 18.7 Å². The van der Waals surface area contributed by atoms with Crippen LogP contribution in [-0.4, -0.2) is 13.7 Å². The lowest BCUT2D eigenvalue weighted by atomic mass is 10.2. The van der Waals surface area contributed by atoms with Gasteiger partial charge in [-0.3, -0.25) is 0 Å². The summed E-state index contributed by atoms with van der Waals surface area (Å²) in [6, 6.07) is 2.61. The smallest absolute Gasteiger partial charge is 0.190 e. The summed E-state index contributed by atoms with van der Waals surface area (Å²) in [5.41, 5.74) is 0.575. The summed E-state index contributed by atoms with van der Waals surface area (Å²) in [5, 5.41) is 2.85. The SMILES string of the molecule is CCCCCCOc1c(F)cc(CNC)cc1F. The van der Waals surface area contributed by atoms with Gasteiger partial charge in [-0.05, 0) is 31.2 Å². The third-order valence-corrected chi connectivity index (χ3v) is 2.68. The number of hydrogen-bond donors (Lipinski definition) is 1. The zero-order valence-electron chi connectivity index (χ0n) is 11.1. The second-order valence-corrected chi connectivity index (χ2v) is 4.33. The molecule has 102 valence electrons. The third-order valence-electron chi connectivity index (χ3n) is 2.68. The van der Waals surface area contributed by atoms with Crippen LogP contribution in [0.3, 0.4) is 0 Å². The second kappa shape index (κ2) is 8.03. The molecule has 0 saturated carbocycles. The summed E-state index contributed by atoms with van der Waals surface area (Å²) in [5.74, 6) is -1.52. The minimum atomic E-state index is -0.629. The first-order chi connectivity index (χ1) is 8.69. The van der Waals surface area contributed by atoms with Gasteiger partial charge < -0.3 is 10.1 Å². The van der Waals surface area contributed by atoms with Gasteiger partial charge in [-0.15, -0.1) is 0 Å². The van der Waals surface area contributed by atoms with E-state index in [2.05, 4.69) is 12.2 Å². The van der Waals surface area contributed by atoms with Crippen LogP contribution in [0.5, 0.6) is 5.75 Å². The van der Waals surface area contributed by atoms with Gasteiger partial charge in [0.25, 0.3) is 0 Å². The molecule has 1 rings (SSSR count). The molecule has 1 N–H and O–H groups in total. The number of rotatable bonds is 8. The maximum Gasteiger partial charge on any atom is 0.190 e. The molecule has 4 heteroatoms. The van der Waals surface area contributed by atoms with Gasteiger partial charge in [0.15, 0.2) is 17.4 Å². The van der Waals surface area contributed by atoms with E-state index in [4.69, 9.17) is 4.74 Å². The van der Waals surface area contributed by atoms with Crippen molar-refractivity contribution in [1.29, 1.82) is 0 Å². The van der Waals surface area contributed by atoms with Crippen molar-refractivity contribution in [1.82, 2.24) is 5.32 Å². The van der Waals surface area contributed by atoms with Crippen molar-refractivity contribution in [2.75, 3.05) is 13.7 Å². The highest BCUT2D eigenvalue weighted by Crippen LogP contribution is 2.23. The first-order valence-electron chi connectivity index (χ1n) is 6.44. The zero-order chi connectivity index (χ0) is 13.4. The van der Waals surface area contributed by atoms with Gasteiger partial charge in [0, 0.05) is 6.54 Å². The molecule has 0 atom stereocenters. The van der Waals surface area contributed by atoms with E-state index in [0.717, 1.165) is 25.7 Å². The largest absolute Gasteiger partial charge is 0.488 e. The van der Waals surface area contributed by atoms with Gasteiger partial charge in [-0.1, -0.05) is 26.2 Å². The van der Waals surface area contributed by atoms with Crippen LogP contribution < -0.4 is 10.1 Å². The van der Waals surface area contributed by atoms with Gasteiger partial charge >= 0.3 is 0 Å². The highest BCUT2D eigenvalue weighted by atomic mass is 19.1. The fraction of sp³-hybridized carbons (Fsp3) is 0.571. The topological polar surface area (TPSA) is 21.3 Å². The van der Waals surface area contributed by atoms with Gasteiger partial charge in [0.2, 0.25) is 0 Å². The molecule has 1 aromatic carbocycles. The lowest BCUT2D eigenvalue weighted by Crippen LogP contribution is -2.07. The molecule has 0 unspecified atom stereocenters. The number of halogens is 2. The number of nitrogens with one attached hydrogen (secondary N) is 1. The van der Waals surface area contributed by atoms with Crippen molar-refractivity contribution in [3.63, 3.8) is 0 Å². The molecule has 0 fully saturated rings. The predicted molar refractivity (Wildman–Crippen MR) is 68.8 cm³/mol. The Balaban J connectivity index is 2.54. The van der Waals surface area contributed by atoms with Crippen LogP contribution in [0.4, 0.5) is 8.78 Å². The molecule has 0 aliphatic rings. The Bertz CT molecular complexity index is 346. The number of hydrogen-bond acceptors (Lipinski definition) is 2. The molecule has 2 nitrogen and oxygen atoms in total. The van der Waals surface area contributed by atoms with Crippen molar-refractivity contribution >= 4 is 0 Å². The molecular weight excluding hydrogens is 236 g/mol. The van der Waals surface area contributed by atoms with Crippen LogP contribution in [0.2, 0.25) is 0 Å². The predicted octanol–water partition coefficient (Wildman–Crippen LogP) is 3.64. The number of ether oxygens (including phenoxy) is 1. The Hall–Kier alpha value is -1.16. The van der Waals surface area contributed by atoms with E-state index >= 15 is 0 Å². The molecule has 1 aromatic rings. The number of unbranched alkanes of at least 4 members (excludes halogenated alkanes) is 3. The molecule has 0 radical (unpaired) electrons. The van der Waals surface area contributed by atoms with Crippen LogP contribution in [0.1, 0.15) is 38.2 Å². The molecule has 0 bridgehead atoms. The first kappa shape index (κ1) is 14.9. The average Bonchev–Trinajstić information content (AvgIpc) is 2.32. The van der Waals surface area contributed by atoms with Crippen LogP contribution >= 0.6 is 0 Å². The van der Waals surface area contributed by atoms with E-state index in [1.165, 1.54) is 12.1 Å². The quantitative estimate of drug-likeness (QED) is 0.718. The Morgan fingerprint density at radius 2 is 1.78 bits per heavy atom. The van der Waals surface area contributed by atoms with Crippen molar-refractivity contribution < 1.29 is 13.5 Å². The molecule has 0 aliphatic carbocycles. The molecular formula is C14H21F2NO. The van der Waals surface area contributed by atoms with Crippen molar-refractivity contribution in [2.45, 2.75) is 39.2 Å². The summed E-state index contributed by atoms with van der Waals surface area (Å²) < 4.78 is 32.4. The van der Waals surface area contributed by atoms with Gasteiger partial charge in [0.1, 0.15) is 0 Å². The molecule has 0 saturated heterocycles. The summed E-state index contributed by atoms with van der Waals surface area (Å²) in [6.45, 7) is 2.91. The van der Waals surface area contributed by atoms with Crippen molar-refractivity contribution in [3.8, 4) is 5.75 Å². The van der Waals surface area contributed by atoms with Gasteiger partial charge in [-0.25, -0.2) is 8.78 Å². The Labute approximate surface area is 107 Å². The summed E-state index contributed by atoms with van der Waals surface area (Å²) in [4.78, 5) is 0. The lowest BCUT2D eigenvalue weighted by molar-refractivity contribution is 0.275. The summed E-state index contributed by atoms with van der Waals surface area (Å²) in [7, 11) is 1.73. The Kier molecular flexibility index (Phi) is 6.65. The van der Waals surface area contributed by atoms with E-state index in [9.17, 15) is 8.78 Å². The van der Waals surface area contributed by atoms with Crippen LogP contribution in [0.25, 0.3) is 0 Å². The molecule has 0 spiro atoms. The monoisotopic (exact) mass is 257 g/mol. The van der Waals surface area contributed by atoms with Gasteiger partial charge in [-0.2, -0.15) is 0 Å². The van der Waals surface area contributed by atoms with Crippen molar-refractivity contribution in [2.24, 2.45) is 0 Å². The Morgan fingerprint density at radius 1 is 1.11 bits per heavy atom. The standard InChI is InChI=1S/C14H21F2NO/c1-3-4-5-6-7-18-14-12(15)8-11(10-17-2)9-13(14)16/h8-9,17H,3-7,10H2,1-2H3.